The Balaban J connectivity index is 3.12. The Morgan fingerprint density at radius 2 is 2.23 bits per heavy atom. The fraction of sp³-hybridized carbons (Fsp3) is 0.200. The van der Waals surface area contributed by atoms with Gasteiger partial charge in [-0.15, -0.1) is 11.6 Å². The van der Waals surface area contributed by atoms with E-state index in [2.05, 4.69) is 0 Å². The van der Waals surface area contributed by atoms with Crippen LogP contribution in [0.2, 0.25) is 0 Å². The SMILES string of the molecule is Cc1c(N)cc(F)cc1C=CCCl. The first-order chi connectivity index (χ1) is 6.15. The summed E-state index contributed by atoms with van der Waals surface area (Å²) in [7, 11) is 0. The van der Waals surface area contributed by atoms with Crippen LogP contribution in [0.15, 0.2) is 18.2 Å². The summed E-state index contributed by atoms with van der Waals surface area (Å²) in [6.07, 6.45) is 3.52. The highest BCUT2D eigenvalue weighted by atomic mass is 35.5. The van der Waals surface area contributed by atoms with E-state index < -0.39 is 0 Å². The molecule has 13 heavy (non-hydrogen) atoms. The zero-order valence-corrected chi connectivity index (χ0v) is 8.11. The second-order valence-corrected chi connectivity index (χ2v) is 3.07. The van der Waals surface area contributed by atoms with Gasteiger partial charge in [-0.1, -0.05) is 12.2 Å². The van der Waals surface area contributed by atoms with E-state index in [1.54, 1.807) is 12.2 Å². The minimum absolute atomic E-state index is 0.322. The number of anilines is 1. The monoisotopic (exact) mass is 199 g/mol. The number of benzene rings is 1. The van der Waals surface area contributed by atoms with Crippen LogP contribution in [0.3, 0.4) is 0 Å². The van der Waals surface area contributed by atoms with Gasteiger partial charge >= 0.3 is 0 Å². The van der Waals surface area contributed by atoms with Gasteiger partial charge in [0.25, 0.3) is 0 Å². The molecule has 3 heteroatoms. The van der Waals surface area contributed by atoms with Gasteiger partial charge in [0.15, 0.2) is 0 Å². The van der Waals surface area contributed by atoms with Crippen molar-refractivity contribution in [3.8, 4) is 0 Å². The molecule has 2 N–H and O–H groups in total. The maximum Gasteiger partial charge on any atom is 0.125 e. The van der Waals surface area contributed by atoms with Gasteiger partial charge in [0.2, 0.25) is 0 Å². The number of rotatable bonds is 2. The fourth-order valence-electron chi connectivity index (χ4n) is 1.07. The van der Waals surface area contributed by atoms with Gasteiger partial charge in [-0.25, -0.2) is 4.39 Å². The molecule has 0 heterocycles. The molecule has 1 nitrogen and oxygen atoms in total. The van der Waals surface area contributed by atoms with Crippen molar-refractivity contribution in [2.45, 2.75) is 6.92 Å². The molecule has 0 bridgehead atoms. The molecule has 0 saturated carbocycles. The largest absolute Gasteiger partial charge is 0.398 e. The number of hydrogen-bond donors (Lipinski definition) is 1. The average molecular weight is 200 g/mol. The van der Waals surface area contributed by atoms with Crippen molar-refractivity contribution < 1.29 is 4.39 Å². The molecule has 1 aromatic carbocycles. The van der Waals surface area contributed by atoms with Gasteiger partial charge in [0.1, 0.15) is 5.82 Å². The van der Waals surface area contributed by atoms with Crippen molar-refractivity contribution in [3.05, 3.63) is 35.2 Å². The smallest absolute Gasteiger partial charge is 0.125 e. The normalized spacial score (nSPS) is 11.0. The molecule has 0 spiro atoms. The summed E-state index contributed by atoms with van der Waals surface area (Å²) in [6.45, 7) is 1.85. The number of allylic oxidation sites excluding steroid dienone is 1. The molecule has 0 amide bonds. The zero-order valence-electron chi connectivity index (χ0n) is 7.35. The van der Waals surface area contributed by atoms with E-state index in [9.17, 15) is 4.39 Å². The Kier molecular flexibility index (Phi) is 3.32. The maximum absolute atomic E-state index is 12.9. The third-order valence-electron chi connectivity index (χ3n) is 1.84. The molecular formula is C10H11ClFN. The highest BCUT2D eigenvalue weighted by molar-refractivity contribution is 6.19. The Morgan fingerprint density at radius 1 is 1.54 bits per heavy atom. The molecule has 0 unspecified atom stereocenters. The Labute approximate surface area is 82.0 Å². The molecular weight excluding hydrogens is 189 g/mol. The van der Waals surface area contributed by atoms with Crippen LogP contribution in [-0.2, 0) is 0 Å². The van der Waals surface area contributed by atoms with E-state index in [0.29, 0.717) is 11.6 Å². The van der Waals surface area contributed by atoms with E-state index in [0.717, 1.165) is 11.1 Å². The van der Waals surface area contributed by atoms with Crippen molar-refractivity contribution in [3.63, 3.8) is 0 Å². The molecule has 0 aliphatic heterocycles. The summed E-state index contributed by atoms with van der Waals surface area (Å²) in [5.74, 6) is 0.0906. The van der Waals surface area contributed by atoms with E-state index in [1.165, 1.54) is 12.1 Å². The minimum atomic E-state index is -0.322. The maximum atomic E-state index is 12.9. The lowest BCUT2D eigenvalue weighted by molar-refractivity contribution is 0.628. The van der Waals surface area contributed by atoms with Gasteiger partial charge in [-0.3, -0.25) is 0 Å². The number of hydrogen-bond acceptors (Lipinski definition) is 1. The predicted molar refractivity (Wildman–Crippen MR) is 55.3 cm³/mol. The first-order valence-electron chi connectivity index (χ1n) is 3.93. The molecule has 70 valence electrons. The summed E-state index contributed by atoms with van der Waals surface area (Å²) >= 11 is 5.47. The van der Waals surface area contributed by atoms with Gasteiger partial charge < -0.3 is 5.73 Å². The average Bonchev–Trinajstić information content (AvgIpc) is 2.09. The number of nitrogen functional groups attached to an aromatic ring is 1. The molecule has 1 aromatic rings. The summed E-state index contributed by atoms with van der Waals surface area (Å²) in [6, 6.07) is 2.75. The Bertz CT molecular complexity index is 334. The topological polar surface area (TPSA) is 26.0 Å². The van der Waals surface area contributed by atoms with Crippen molar-refractivity contribution in [2.75, 3.05) is 11.6 Å². The minimum Gasteiger partial charge on any atom is -0.398 e. The second-order valence-electron chi connectivity index (χ2n) is 2.77. The number of nitrogens with two attached hydrogens (primary N) is 1. The highest BCUT2D eigenvalue weighted by Crippen LogP contribution is 2.19. The molecule has 0 aliphatic carbocycles. The lowest BCUT2D eigenvalue weighted by Gasteiger charge is -2.04. The quantitative estimate of drug-likeness (QED) is 0.575. The molecule has 1 rings (SSSR count). The standard InChI is InChI=1S/C10H11ClFN/c1-7-8(3-2-4-11)5-9(12)6-10(7)13/h2-3,5-6H,4,13H2,1H3. The van der Waals surface area contributed by atoms with E-state index in [-0.39, 0.29) is 5.82 Å². The fourth-order valence-corrected chi connectivity index (χ4v) is 1.16. The highest BCUT2D eigenvalue weighted by Gasteiger charge is 2.01. The van der Waals surface area contributed by atoms with Crippen molar-refractivity contribution in [1.82, 2.24) is 0 Å². The van der Waals surface area contributed by atoms with Crippen LogP contribution in [0, 0.1) is 12.7 Å². The van der Waals surface area contributed by atoms with Crippen LogP contribution in [0.5, 0.6) is 0 Å². The molecule has 0 radical (unpaired) electrons. The summed E-state index contributed by atoms with van der Waals surface area (Å²) in [4.78, 5) is 0. The van der Waals surface area contributed by atoms with Crippen molar-refractivity contribution >= 4 is 23.4 Å². The molecule has 0 atom stereocenters. The Morgan fingerprint density at radius 3 is 2.85 bits per heavy atom. The van der Waals surface area contributed by atoms with E-state index in [1.807, 2.05) is 6.92 Å². The summed E-state index contributed by atoms with van der Waals surface area (Å²) < 4.78 is 12.9. The summed E-state index contributed by atoms with van der Waals surface area (Å²) in [5.41, 5.74) is 7.71. The third-order valence-corrected chi connectivity index (χ3v) is 2.02. The molecule has 0 aromatic heterocycles. The van der Waals surface area contributed by atoms with Gasteiger partial charge in [0.05, 0.1) is 0 Å². The lowest BCUT2D eigenvalue weighted by atomic mass is 10.1. The summed E-state index contributed by atoms with van der Waals surface area (Å²) in [5, 5.41) is 0. The molecule has 0 aliphatic rings. The molecule has 0 fully saturated rings. The van der Waals surface area contributed by atoms with Crippen LogP contribution < -0.4 is 5.73 Å². The van der Waals surface area contributed by atoms with Crippen molar-refractivity contribution in [2.24, 2.45) is 0 Å². The first kappa shape index (κ1) is 10.1. The lowest BCUT2D eigenvalue weighted by Crippen LogP contribution is -1.93. The van der Waals surface area contributed by atoms with Crippen LogP contribution >= 0.6 is 11.6 Å². The zero-order chi connectivity index (χ0) is 9.84. The van der Waals surface area contributed by atoms with Crippen LogP contribution in [-0.4, -0.2) is 5.88 Å². The predicted octanol–water partition coefficient (Wildman–Crippen LogP) is 2.97. The van der Waals surface area contributed by atoms with E-state index >= 15 is 0 Å². The third kappa shape index (κ3) is 2.46. The van der Waals surface area contributed by atoms with E-state index in [4.69, 9.17) is 17.3 Å². The number of alkyl halides is 1. The van der Waals surface area contributed by atoms with Gasteiger partial charge in [0, 0.05) is 11.6 Å². The first-order valence-corrected chi connectivity index (χ1v) is 4.46. The molecule has 0 saturated heterocycles. The van der Waals surface area contributed by atoms with Crippen LogP contribution in [0.25, 0.3) is 6.08 Å². The van der Waals surface area contributed by atoms with Crippen LogP contribution in [0.4, 0.5) is 10.1 Å². The number of halogens is 2. The van der Waals surface area contributed by atoms with Crippen molar-refractivity contribution in [1.29, 1.82) is 0 Å². The van der Waals surface area contributed by atoms with Gasteiger partial charge in [-0.05, 0) is 30.2 Å². The second kappa shape index (κ2) is 4.28. The Hall–Kier alpha value is -1.02. The van der Waals surface area contributed by atoms with Crippen LogP contribution in [0.1, 0.15) is 11.1 Å². The van der Waals surface area contributed by atoms with Gasteiger partial charge in [-0.2, -0.15) is 0 Å².